The number of carbonyl (C=O) groups excluding carboxylic acids is 1. The van der Waals surface area contributed by atoms with E-state index in [1.165, 1.54) is 24.3 Å². The fraction of sp³-hybridized carbons (Fsp3) is 0.462. The van der Waals surface area contributed by atoms with Gasteiger partial charge in [0.05, 0.1) is 4.90 Å². The largest absolute Gasteiger partial charge is 0.341 e. The molecule has 0 aromatic heterocycles. The lowest BCUT2D eigenvalue weighted by atomic mass is 9.59. The van der Waals surface area contributed by atoms with Crippen molar-refractivity contribution in [1.82, 2.24) is 0 Å². The maximum absolute atomic E-state index is 12.4. The smallest absolute Gasteiger partial charge is 0.299 e. The van der Waals surface area contributed by atoms with Crippen LogP contribution in [0.25, 0.3) is 0 Å². The summed E-state index contributed by atoms with van der Waals surface area (Å²) in [5.41, 5.74) is 0.334. The van der Waals surface area contributed by atoms with Crippen LogP contribution in [0.2, 0.25) is 0 Å². The summed E-state index contributed by atoms with van der Waals surface area (Å²) >= 11 is 0. The zero-order valence-corrected chi connectivity index (χ0v) is 11.4. The van der Waals surface area contributed by atoms with Crippen molar-refractivity contribution in [3.8, 4) is 0 Å². The van der Waals surface area contributed by atoms with Gasteiger partial charge in [0.25, 0.3) is 0 Å². The first-order chi connectivity index (χ1) is 8.67. The minimum Gasteiger partial charge on any atom is -0.299 e. The van der Waals surface area contributed by atoms with Crippen LogP contribution < -0.4 is 0 Å². The second-order valence-electron chi connectivity index (χ2n) is 5.28. The maximum atomic E-state index is 12.4. The fourth-order valence-corrected chi connectivity index (χ4v) is 3.02. The van der Waals surface area contributed by atoms with Gasteiger partial charge in [0, 0.05) is 17.8 Å². The molecule has 1 fully saturated rings. The SMILES string of the molecule is CC1(C)C(=O)CC1c1ccc(S(=O)(=O)C(F)F)cc1. The molecule has 6 heteroatoms. The summed E-state index contributed by atoms with van der Waals surface area (Å²) in [4.78, 5) is 11.1. The summed E-state index contributed by atoms with van der Waals surface area (Å²) < 4.78 is 47.3. The van der Waals surface area contributed by atoms with E-state index in [-0.39, 0.29) is 11.7 Å². The normalized spacial score (nSPS) is 22.4. The molecule has 1 aliphatic carbocycles. The van der Waals surface area contributed by atoms with Gasteiger partial charge >= 0.3 is 5.76 Å². The van der Waals surface area contributed by atoms with E-state index < -0.39 is 25.9 Å². The Bertz CT molecular complexity index is 603. The number of rotatable bonds is 3. The summed E-state index contributed by atoms with van der Waals surface area (Å²) in [5.74, 6) is -3.25. The minimum atomic E-state index is -4.55. The molecule has 1 aromatic carbocycles. The van der Waals surface area contributed by atoms with Crippen LogP contribution in [0.1, 0.15) is 31.7 Å². The summed E-state index contributed by atoms with van der Waals surface area (Å²) in [7, 11) is -4.55. The van der Waals surface area contributed by atoms with Gasteiger partial charge in [0.2, 0.25) is 9.84 Å². The molecule has 1 atom stereocenters. The Morgan fingerprint density at radius 1 is 1.21 bits per heavy atom. The lowest BCUT2D eigenvalue weighted by Gasteiger charge is -2.42. The third kappa shape index (κ3) is 2.18. The highest BCUT2D eigenvalue weighted by Crippen LogP contribution is 2.49. The van der Waals surface area contributed by atoms with Gasteiger partial charge in [-0.05, 0) is 17.7 Å². The van der Waals surface area contributed by atoms with Gasteiger partial charge in [-0.1, -0.05) is 26.0 Å². The minimum absolute atomic E-state index is 0.0169. The number of hydrogen-bond donors (Lipinski definition) is 0. The van der Waals surface area contributed by atoms with Crippen LogP contribution in [0.15, 0.2) is 29.2 Å². The van der Waals surface area contributed by atoms with Crippen molar-refractivity contribution >= 4 is 15.6 Å². The number of alkyl halides is 2. The van der Waals surface area contributed by atoms with Crippen LogP contribution in [0.4, 0.5) is 8.78 Å². The summed E-state index contributed by atoms with van der Waals surface area (Å²) in [5, 5.41) is 0. The van der Waals surface area contributed by atoms with Gasteiger partial charge in [-0.15, -0.1) is 0 Å². The first-order valence-electron chi connectivity index (χ1n) is 5.82. The van der Waals surface area contributed by atoms with Gasteiger partial charge in [-0.3, -0.25) is 4.79 Å². The average molecular weight is 288 g/mol. The molecule has 2 rings (SSSR count). The van der Waals surface area contributed by atoms with Crippen molar-refractivity contribution < 1.29 is 22.0 Å². The molecule has 1 aromatic rings. The fourth-order valence-electron chi connectivity index (χ4n) is 2.29. The van der Waals surface area contributed by atoms with Crippen LogP contribution in [0.5, 0.6) is 0 Å². The first kappa shape index (κ1) is 14.1. The van der Waals surface area contributed by atoms with E-state index in [2.05, 4.69) is 0 Å². The molecule has 3 nitrogen and oxygen atoms in total. The number of hydrogen-bond acceptors (Lipinski definition) is 3. The number of benzene rings is 1. The van der Waals surface area contributed by atoms with Gasteiger partial charge in [-0.2, -0.15) is 8.78 Å². The molecule has 104 valence electrons. The third-order valence-electron chi connectivity index (χ3n) is 3.82. The Morgan fingerprint density at radius 2 is 1.74 bits per heavy atom. The monoisotopic (exact) mass is 288 g/mol. The van der Waals surface area contributed by atoms with Gasteiger partial charge < -0.3 is 0 Å². The molecule has 0 saturated heterocycles. The van der Waals surface area contributed by atoms with E-state index in [9.17, 15) is 22.0 Å². The molecule has 0 amide bonds. The lowest BCUT2D eigenvalue weighted by molar-refractivity contribution is -0.137. The molecule has 0 radical (unpaired) electrons. The summed E-state index contributed by atoms with van der Waals surface area (Å²) in [6, 6.07) is 5.37. The Balaban J connectivity index is 2.28. The van der Waals surface area contributed by atoms with Crippen molar-refractivity contribution in [2.75, 3.05) is 0 Å². The molecule has 0 spiro atoms. The van der Waals surface area contributed by atoms with Gasteiger partial charge in [0.1, 0.15) is 5.78 Å². The Kier molecular flexibility index (Phi) is 3.24. The second-order valence-corrected chi connectivity index (χ2v) is 7.19. The topological polar surface area (TPSA) is 51.2 Å². The van der Waals surface area contributed by atoms with Crippen molar-refractivity contribution in [1.29, 1.82) is 0 Å². The van der Waals surface area contributed by atoms with Crippen LogP contribution in [-0.2, 0) is 14.6 Å². The van der Waals surface area contributed by atoms with Crippen molar-refractivity contribution in [2.24, 2.45) is 5.41 Å². The lowest BCUT2D eigenvalue weighted by Crippen LogP contribution is -2.43. The molecule has 0 aliphatic heterocycles. The quantitative estimate of drug-likeness (QED) is 0.859. The molecule has 1 unspecified atom stereocenters. The highest BCUT2D eigenvalue weighted by atomic mass is 32.2. The molecule has 0 bridgehead atoms. The summed E-state index contributed by atoms with van der Waals surface area (Å²) in [6.07, 6.45) is 0.411. The molecule has 0 heterocycles. The van der Waals surface area contributed by atoms with Crippen molar-refractivity contribution in [3.63, 3.8) is 0 Å². The van der Waals surface area contributed by atoms with Crippen molar-refractivity contribution in [3.05, 3.63) is 29.8 Å². The predicted octanol–water partition coefficient (Wildman–Crippen LogP) is 2.77. The molecule has 1 aliphatic rings. The van der Waals surface area contributed by atoms with Gasteiger partial charge in [-0.25, -0.2) is 8.42 Å². The highest BCUT2D eigenvalue weighted by Gasteiger charge is 2.47. The Labute approximate surface area is 110 Å². The number of carbonyl (C=O) groups is 1. The first-order valence-corrected chi connectivity index (χ1v) is 7.37. The third-order valence-corrected chi connectivity index (χ3v) is 5.22. The maximum Gasteiger partial charge on any atom is 0.341 e. The average Bonchev–Trinajstić information content (AvgIpc) is 2.35. The zero-order chi connectivity index (χ0) is 14.4. The molecule has 19 heavy (non-hydrogen) atoms. The summed E-state index contributed by atoms with van der Waals surface area (Å²) in [6.45, 7) is 3.65. The molecular weight excluding hydrogens is 274 g/mol. The van der Waals surface area contributed by atoms with E-state index in [0.717, 1.165) is 5.56 Å². The standard InChI is InChI=1S/C13H14F2O3S/c1-13(2)10(7-11(13)16)8-3-5-9(6-4-8)19(17,18)12(14)15/h3-6,10,12H,7H2,1-2H3. The Morgan fingerprint density at radius 3 is 2.11 bits per heavy atom. The van der Waals surface area contributed by atoms with E-state index in [1.54, 1.807) is 0 Å². The number of ketones is 1. The highest BCUT2D eigenvalue weighted by molar-refractivity contribution is 7.91. The second kappa shape index (κ2) is 4.37. The number of sulfone groups is 1. The van der Waals surface area contributed by atoms with E-state index >= 15 is 0 Å². The van der Waals surface area contributed by atoms with E-state index in [1.807, 2.05) is 13.8 Å². The van der Waals surface area contributed by atoms with E-state index in [4.69, 9.17) is 0 Å². The van der Waals surface area contributed by atoms with Crippen molar-refractivity contribution in [2.45, 2.75) is 36.8 Å². The predicted molar refractivity (Wildman–Crippen MR) is 65.8 cm³/mol. The molecular formula is C13H14F2O3S. The molecule has 1 saturated carbocycles. The molecule has 0 N–H and O–H groups in total. The van der Waals surface area contributed by atoms with Crippen LogP contribution in [0, 0.1) is 5.41 Å². The number of Topliss-reactive ketones (excluding diaryl/α,β-unsaturated/α-hetero) is 1. The van der Waals surface area contributed by atoms with Crippen LogP contribution in [0.3, 0.4) is 0 Å². The van der Waals surface area contributed by atoms with Crippen LogP contribution in [-0.4, -0.2) is 20.0 Å². The van der Waals surface area contributed by atoms with Gasteiger partial charge in [0.15, 0.2) is 0 Å². The van der Waals surface area contributed by atoms with E-state index in [0.29, 0.717) is 6.42 Å². The number of halogens is 2. The Hall–Kier alpha value is -1.30. The zero-order valence-electron chi connectivity index (χ0n) is 10.6. The van der Waals surface area contributed by atoms with Crippen LogP contribution >= 0.6 is 0 Å².